The Balaban J connectivity index is 0.000000223. The van der Waals surface area contributed by atoms with Crippen LogP contribution in [0.2, 0.25) is 0 Å². The molecule has 14 atom stereocenters. The molecular formula is C66H82F4N6O10V2-2. The molecule has 3 saturated carbocycles. The van der Waals surface area contributed by atoms with Crippen molar-refractivity contribution in [2.24, 2.45) is 58.2 Å². The molecule has 2 aromatic heterocycles. The Morgan fingerprint density at radius 3 is 1.43 bits per heavy atom. The minimum absolute atomic E-state index is 0. The van der Waals surface area contributed by atoms with E-state index in [1.165, 1.54) is 9.80 Å². The summed E-state index contributed by atoms with van der Waals surface area (Å²) in [7, 11) is 0. The average molecular weight is 1300 g/mol. The number of halogens is 4. The number of benzene rings is 2. The van der Waals surface area contributed by atoms with Crippen LogP contribution in [0.3, 0.4) is 0 Å². The third-order valence-electron chi connectivity index (χ3n) is 20.0. The maximum absolute atomic E-state index is 15.9. The zero-order chi connectivity index (χ0) is 61.8. The van der Waals surface area contributed by atoms with Gasteiger partial charge in [-0.3, -0.25) is 19.2 Å². The predicted molar refractivity (Wildman–Crippen MR) is 310 cm³/mol. The molecule has 2 amide bonds. The Bertz CT molecular complexity index is 3120. The van der Waals surface area contributed by atoms with Crippen LogP contribution in [0.25, 0.3) is 22.1 Å². The Labute approximate surface area is 537 Å². The van der Waals surface area contributed by atoms with E-state index in [4.69, 9.17) is 18.9 Å². The first-order valence-corrected chi connectivity index (χ1v) is 31.0. The summed E-state index contributed by atoms with van der Waals surface area (Å²) in [5.74, 6) is -10.4. The Kier molecular flexibility index (Phi) is 21.1. The van der Waals surface area contributed by atoms with E-state index >= 15 is 17.6 Å². The molecule has 88 heavy (non-hydrogen) atoms. The van der Waals surface area contributed by atoms with Crippen molar-refractivity contribution >= 4 is 58.4 Å². The molecule has 2 saturated heterocycles. The van der Waals surface area contributed by atoms with Gasteiger partial charge in [-0.05, 0) is 135 Å². The molecule has 4 bridgehead atoms. The van der Waals surface area contributed by atoms with E-state index < -0.39 is 112 Å². The summed E-state index contributed by atoms with van der Waals surface area (Å²) in [6.07, 6.45) is 8.23. The van der Waals surface area contributed by atoms with E-state index in [9.17, 15) is 28.8 Å². The first kappa shape index (κ1) is 68.7. The Morgan fingerprint density at radius 2 is 0.977 bits per heavy atom. The van der Waals surface area contributed by atoms with Crippen LogP contribution in [0.1, 0.15) is 170 Å². The maximum Gasteiger partial charge on any atom is 0.307 e. The first-order valence-electron chi connectivity index (χ1n) is 31.0. The van der Waals surface area contributed by atoms with E-state index in [1.54, 1.807) is 62.4 Å². The van der Waals surface area contributed by atoms with Crippen molar-refractivity contribution in [2.45, 2.75) is 206 Å². The second-order valence-electron chi connectivity index (χ2n) is 28.0. The van der Waals surface area contributed by atoms with Crippen molar-refractivity contribution in [3.05, 3.63) is 59.9 Å². The van der Waals surface area contributed by atoms with Gasteiger partial charge in [-0.1, -0.05) is 105 Å². The van der Waals surface area contributed by atoms with Gasteiger partial charge in [0.25, 0.3) is 11.8 Å². The van der Waals surface area contributed by atoms with Gasteiger partial charge in [-0.25, -0.2) is 32.5 Å². The number of ether oxygens (including phenoxy) is 4. The van der Waals surface area contributed by atoms with E-state index in [-0.39, 0.29) is 117 Å². The van der Waals surface area contributed by atoms with E-state index in [2.05, 4.69) is 19.9 Å². The van der Waals surface area contributed by atoms with Crippen molar-refractivity contribution in [2.75, 3.05) is 13.1 Å². The molecule has 22 heteroatoms. The molecule has 476 valence electrons. The van der Waals surface area contributed by atoms with E-state index in [1.807, 2.05) is 61.0 Å². The molecule has 16 nitrogen and oxygen atoms in total. The van der Waals surface area contributed by atoms with Crippen LogP contribution >= 0.6 is 0 Å². The molecule has 11 rings (SSSR count). The normalized spacial score (nSPS) is 32.7. The SMILES string of the molecule is C[C@@H]1[C@@H]2CN(C(=O)[C@H](C(C)(C)C)CC(=O)O[C@@H]3CC4CC4[C@H]3CCCCC(F)(F)c3nc4ccccc4nc3O2)[C@@H]1[C-]=O.C[C@@H]1[C@@H]2CN(C(=O)[C@H](C(C)(C)C)CC(=O)O[C@]3(C)CCC[C@H]3CCCCC(F)(F)c3nc4ccccc4nc3O2)[C@@H]1[C-]=O.[V].[V]. The molecular weight excluding hydrogens is 1210 g/mol. The van der Waals surface area contributed by atoms with Crippen LogP contribution in [-0.4, -0.2) is 115 Å². The van der Waals surface area contributed by atoms with Gasteiger partial charge in [-0.15, -0.1) is 0 Å². The second-order valence-corrected chi connectivity index (χ2v) is 28.0. The molecule has 5 fully saturated rings. The average Bonchev–Trinajstić information content (AvgIpc) is 1.56. The number of nitrogens with zero attached hydrogens (tertiary/aromatic N) is 6. The number of hydrogen-bond donors (Lipinski definition) is 0. The van der Waals surface area contributed by atoms with Gasteiger partial charge in [-0.2, -0.15) is 17.6 Å². The zero-order valence-corrected chi connectivity index (χ0v) is 54.6. The number of fused-ring (bicyclic) bond motifs is 12. The molecule has 0 N–H and O–H groups in total. The number of amides is 2. The van der Waals surface area contributed by atoms with E-state index in [0.717, 1.165) is 25.7 Å². The van der Waals surface area contributed by atoms with Gasteiger partial charge in [0.1, 0.15) is 23.9 Å². The molecule has 2 unspecified atom stereocenters. The van der Waals surface area contributed by atoms with Gasteiger partial charge in [0, 0.05) is 50.0 Å². The number of carbonyl (C=O) groups excluding carboxylic acids is 6. The fraction of sp³-hybridized carbons (Fsp3) is 0.667. The number of alkyl halides is 4. The number of hydrogen-bond acceptors (Lipinski definition) is 14. The molecule has 7 aliphatic rings. The van der Waals surface area contributed by atoms with Crippen LogP contribution < -0.4 is 9.47 Å². The smallest absolute Gasteiger partial charge is 0.307 e. The van der Waals surface area contributed by atoms with Crippen LogP contribution in [0, 0.1) is 58.2 Å². The Morgan fingerprint density at radius 1 is 0.545 bits per heavy atom. The third kappa shape index (κ3) is 14.4. The number of para-hydroxylation sites is 4. The molecule has 2 aromatic carbocycles. The van der Waals surface area contributed by atoms with Gasteiger partial charge in [0.2, 0.25) is 23.6 Å². The second kappa shape index (κ2) is 27.0. The van der Waals surface area contributed by atoms with Crippen molar-refractivity contribution in [1.29, 1.82) is 0 Å². The number of rotatable bonds is 2. The van der Waals surface area contributed by atoms with Gasteiger partial charge in [0.05, 0.1) is 59.8 Å². The monoisotopic (exact) mass is 1300 g/mol. The fourth-order valence-corrected chi connectivity index (χ4v) is 14.5. The fourth-order valence-electron chi connectivity index (χ4n) is 14.5. The predicted octanol–water partition coefficient (Wildman–Crippen LogP) is 11.8. The maximum atomic E-state index is 15.9. The van der Waals surface area contributed by atoms with Crippen molar-refractivity contribution in [3.63, 3.8) is 0 Å². The van der Waals surface area contributed by atoms with Crippen molar-refractivity contribution in [3.8, 4) is 11.8 Å². The standard InChI is InChI=1S/C33H40F2N3O5.C33H42F2N3O5.2V/c1-18-25(17-39)38-16-27(18)43-30-29(36-23-10-5-6-11-24(23)37-30)33(34,35)12-8-7-9-20-21-13-19(21)14-26(20)42-28(40)15-22(31(38)41)32(2,3)4;1-20-25(19-39)38-18-26(20)42-29-28(36-23-13-6-7-14-24(23)37-29)33(34,35)16-9-8-11-21-12-10-15-32(21,5)43-27(40)17-22(30(38)41)31(2,3)4;;/h5-6,10-11,18-22,25-27H,7-9,12-16H2,1-4H3;6-7,13-14,20-22,25-26H,8-12,15-18H2,1-5H3;;/q2*-1;;/t18-,19?,20+,21?,22+,25+,26+,27-;20-,21+,22+,25+,26-,32+;;/m00../s1. The van der Waals surface area contributed by atoms with Crippen LogP contribution in [-0.2, 0) is 87.2 Å². The van der Waals surface area contributed by atoms with Crippen LogP contribution in [0.5, 0.6) is 11.8 Å². The van der Waals surface area contributed by atoms with Crippen molar-refractivity contribution in [1.82, 2.24) is 29.7 Å². The summed E-state index contributed by atoms with van der Waals surface area (Å²) < 4.78 is 88.0. The summed E-state index contributed by atoms with van der Waals surface area (Å²) in [6, 6.07) is 11.6. The first-order chi connectivity index (χ1) is 40.6. The number of aromatic nitrogens is 4. The molecule has 2 radical (unpaired) electrons. The quantitative estimate of drug-likeness (QED) is 0.104. The summed E-state index contributed by atoms with van der Waals surface area (Å²) in [4.78, 5) is 99.5. The summed E-state index contributed by atoms with van der Waals surface area (Å²) in [5.41, 5.74) is -1.53. The minimum atomic E-state index is -3.33. The molecule has 3 aliphatic carbocycles. The molecule has 6 heterocycles. The topological polar surface area (TPSA) is 197 Å². The zero-order valence-electron chi connectivity index (χ0n) is 51.8. The van der Waals surface area contributed by atoms with Gasteiger partial charge in [0.15, 0.2) is 11.4 Å². The van der Waals surface area contributed by atoms with Crippen LogP contribution in [0.4, 0.5) is 17.6 Å². The minimum Gasteiger partial charge on any atom is -0.540 e. The van der Waals surface area contributed by atoms with Gasteiger partial charge < -0.3 is 38.3 Å². The largest absolute Gasteiger partial charge is 0.540 e. The van der Waals surface area contributed by atoms with Crippen molar-refractivity contribution < 1.29 is 102 Å². The third-order valence-corrected chi connectivity index (χ3v) is 20.0. The summed E-state index contributed by atoms with van der Waals surface area (Å²) in [6.45, 7) is 16.6. The van der Waals surface area contributed by atoms with Crippen LogP contribution in [0.15, 0.2) is 48.5 Å². The summed E-state index contributed by atoms with van der Waals surface area (Å²) >= 11 is 0. The molecule has 4 aromatic rings. The molecule has 4 aliphatic heterocycles. The number of esters is 2. The number of carbonyl (C=O) groups is 4. The summed E-state index contributed by atoms with van der Waals surface area (Å²) in [5, 5.41) is 0. The molecule has 0 spiro atoms. The van der Waals surface area contributed by atoms with Gasteiger partial charge >= 0.3 is 11.9 Å². The Hall–Kier alpha value is -5.17. The van der Waals surface area contributed by atoms with E-state index in [0.29, 0.717) is 66.0 Å².